The number of rotatable bonds is 2. The first kappa shape index (κ1) is 19.4. The van der Waals surface area contributed by atoms with E-state index >= 15 is 4.39 Å². The quantitative estimate of drug-likeness (QED) is 0.791. The molecule has 1 aliphatic rings. The van der Waals surface area contributed by atoms with Crippen LogP contribution in [0.15, 0.2) is 12.4 Å². The fraction of sp³-hybridized carbons (Fsp3) is 0.647. The molecule has 0 N–H and O–H groups in total. The number of carbonyl (C=O) groups is 1. The third-order valence-corrected chi connectivity index (χ3v) is 4.61. The van der Waals surface area contributed by atoms with Crippen LogP contribution in [-0.2, 0) is 10.4 Å². The Morgan fingerprint density at radius 2 is 2.11 bits per heavy atom. The first-order valence-corrected chi connectivity index (χ1v) is 8.67. The van der Waals surface area contributed by atoms with Gasteiger partial charge in [0, 0.05) is 6.54 Å². The van der Waals surface area contributed by atoms with Crippen LogP contribution in [0.4, 0.5) is 18.0 Å². The van der Waals surface area contributed by atoms with Crippen molar-refractivity contribution in [1.82, 2.24) is 24.5 Å². The van der Waals surface area contributed by atoms with Gasteiger partial charge in [-0.05, 0) is 39.2 Å². The maximum absolute atomic E-state index is 16.2. The summed E-state index contributed by atoms with van der Waals surface area (Å²) in [6.07, 6.45) is -2.05. The van der Waals surface area contributed by atoms with E-state index in [9.17, 15) is 13.6 Å². The summed E-state index contributed by atoms with van der Waals surface area (Å²) in [6, 6.07) is 1.00. The van der Waals surface area contributed by atoms with Gasteiger partial charge in [-0.25, -0.2) is 22.9 Å². The zero-order chi connectivity index (χ0) is 20.0. The number of aromatic nitrogens is 4. The number of amides is 1. The Balaban J connectivity index is 2.02. The highest BCUT2D eigenvalue weighted by Crippen LogP contribution is 2.41. The fourth-order valence-corrected chi connectivity index (χ4v) is 3.15. The Hall–Kier alpha value is -2.39. The minimum Gasteiger partial charge on any atom is -0.444 e. The van der Waals surface area contributed by atoms with E-state index in [0.29, 0.717) is 13.0 Å². The summed E-state index contributed by atoms with van der Waals surface area (Å²) in [5, 5.41) is 3.93. The summed E-state index contributed by atoms with van der Waals surface area (Å²) < 4.78 is 49.1. The SMILES string of the molecule is C[C@@H]1CCN(C(=O)OC(C)(C)C)C[C@@]1(F)c1cc(C(F)F)nc2ncnn12. The van der Waals surface area contributed by atoms with Crippen LogP contribution in [0.1, 0.15) is 51.9 Å². The summed E-state index contributed by atoms with van der Waals surface area (Å²) >= 11 is 0. The summed E-state index contributed by atoms with van der Waals surface area (Å²) in [7, 11) is 0. The lowest BCUT2D eigenvalue weighted by molar-refractivity contribution is -0.0311. The van der Waals surface area contributed by atoms with Gasteiger partial charge < -0.3 is 9.64 Å². The van der Waals surface area contributed by atoms with Crippen molar-refractivity contribution in [3.05, 3.63) is 23.8 Å². The molecule has 2 aromatic heterocycles. The van der Waals surface area contributed by atoms with E-state index in [2.05, 4.69) is 15.1 Å². The summed E-state index contributed by atoms with van der Waals surface area (Å²) in [5.41, 5.74) is -3.50. The molecule has 0 unspecified atom stereocenters. The van der Waals surface area contributed by atoms with Crippen LogP contribution in [-0.4, -0.2) is 49.3 Å². The third-order valence-electron chi connectivity index (χ3n) is 4.61. The molecule has 10 heteroatoms. The van der Waals surface area contributed by atoms with E-state index in [4.69, 9.17) is 4.74 Å². The first-order chi connectivity index (χ1) is 12.5. The van der Waals surface area contributed by atoms with Crippen LogP contribution in [0.25, 0.3) is 5.78 Å². The minimum absolute atomic E-state index is 0.0962. The van der Waals surface area contributed by atoms with E-state index in [1.165, 1.54) is 4.90 Å². The number of nitrogens with zero attached hydrogens (tertiary/aromatic N) is 5. The Kier molecular flexibility index (Phi) is 4.77. The molecular formula is C17H22F3N5O2. The van der Waals surface area contributed by atoms with Gasteiger partial charge in [-0.3, -0.25) is 0 Å². The predicted molar refractivity (Wildman–Crippen MR) is 90.1 cm³/mol. The molecule has 27 heavy (non-hydrogen) atoms. The third kappa shape index (κ3) is 3.70. The van der Waals surface area contributed by atoms with Gasteiger partial charge >= 0.3 is 6.09 Å². The van der Waals surface area contributed by atoms with Crippen molar-refractivity contribution in [2.75, 3.05) is 13.1 Å². The second-order valence-electron chi connectivity index (χ2n) is 7.79. The van der Waals surface area contributed by atoms with Gasteiger partial charge in [-0.1, -0.05) is 6.92 Å². The van der Waals surface area contributed by atoms with E-state index in [0.717, 1.165) is 16.9 Å². The topological polar surface area (TPSA) is 72.6 Å². The molecule has 0 bridgehead atoms. The maximum Gasteiger partial charge on any atom is 0.410 e. The smallest absolute Gasteiger partial charge is 0.410 e. The monoisotopic (exact) mass is 385 g/mol. The summed E-state index contributed by atoms with van der Waals surface area (Å²) in [6.45, 7) is 6.82. The van der Waals surface area contributed by atoms with Gasteiger partial charge in [0.2, 0.25) is 0 Å². The number of likely N-dealkylation sites (tertiary alicyclic amines) is 1. The highest BCUT2D eigenvalue weighted by atomic mass is 19.3. The molecule has 1 aliphatic heterocycles. The van der Waals surface area contributed by atoms with Crippen LogP contribution in [0.3, 0.4) is 0 Å². The van der Waals surface area contributed by atoms with Crippen molar-refractivity contribution in [2.45, 2.75) is 51.8 Å². The van der Waals surface area contributed by atoms with E-state index in [1.54, 1.807) is 27.7 Å². The molecule has 148 valence electrons. The van der Waals surface area contributed by atoms with E-state index < -0.39 is 35.4 Å². The van der Waals surface area contributed by atoms with Crippen molar-refractivity contribution in [3.63, 3.8) is 0 Å². The molecule has 3 heterocycles. The van der Waals surface area contributed by atoms with Crippen molar-refractivity contribution in [3.8, 4) is 0 Å². The van der Waals surface area contributed by atoms with Crippen molar-refractivity contribution >= 4 is 11.9 Å². The first-order valence-electron chi connectivity index (χ1n) is 8.67. The Morgan fingerprint density at radius 3 is 2.74 bits per heavy atom. The lowest BCUT2D eigenvalue weighted by Gasteiger charge is -2.42. The predicted octanol–water partition coefficient (Wildman–Crippen LogP) is 3.50. The van der Waals surface area contributed by atoms with Crippen LogP contribution in [0, 0.1) is 5.92 Å². The summed E-state index contributed by atoms with van der Waals surface area (Å²) in [4.78, 5) is 21.2. The molecule has 0 radical (unpaired) electrons. The summed E-state index contributed by atoms with van der Waals surface area (Å²) in [5.74, 6) is -0.641. The molecule has 1 fully saturated rings. The molecule has 1 amide bonds. The van der Waals surface area contributed by atoms with E-state index in [1.807, 2.05) is 0 Å². The molecule has 0 saturated carbocycles. The number of hydrogen-bond acceptors (Lipinski definition) is 5. The molecule has 0 aromatic carbocycles. The molecule has 2 atom stereocenters. The Bertz CT molecular complexity index is 851. The second-order valence-corrected chi connectivity index (χ2v) is 7.79. The molecule has 2 aromatic rings. The second kappa shape index (κ2) is 6.65. The number of alkyl halides is 3. The molecule has 7 nitrogen and oxygen atoms in total. The number of ether oxygens (including phenoxy) is 1. The number of hydrogen-bond donors (Lipinski definition) is 0. The fourth-order valence-electron chi connectivity index (χ4n) is 3.15. The highest BCUT2D eigenvalue weighted by molar-refractivity contribution is 5.68. The standard InChI is InChI=1S/C17H22F3N5O2/c1-10-5-6-24(15(26)27-16(2,3)4)8-17(10,20)12-7-11(13(18)19)23-14-21-9-22-25(12)14/h7,9-10,13H,5-6,8H2,1-4H3/t10-,17+/m1/s1. The number of fused-ring (bicyclic) bond motifs is 1. The zero-order valence-electron chi connectivity index (χ0n) is 15.6. The van der Waals surface area contributed by atoms with E-state index in [-0.39, 0.29) is 18.0 Å². The Morgan fingerprint density at radius 1 is 1.41 bits per heavy atom. The molecule has 0 aliphatic carbocycles. The average Bonchev–Trinajstić information content (AvgIpc) is 3.03. The number of halogens is 3. The molecule has 0 spiro atoms. The number of carbonyl (C=O) groups excluding carboxylic acids is 1. The highest BCUT2D eigenvalue weighted by Gasteiger charge is 2.47. The zero-order valence-corrected chi connectivity index (χ0v) is 15.6. The van der Waals surface area contributed by atoms with Gasteiger partial charge in [0.1, 0.15) is 17.6 Å². The van der Waals surface area contributed by atoms with Gasteiger partial charge in [0.05, 0.1) is 12.2 Å². The molecule has 3 rings (SSSR count). The maximum atomic E-state index is 16.2. The average molecular weight is 385 g/mol. The van der Waals surface area contributed by atoms with Crippen molar-refractivity contribution < 1.29 is 22.7 Å². The largest absolute Gasteiger partial charge is 0.444 e. The van der Waals surface area contributed by atoms with Crippen LogP contribution < -0.4 is 0 Å². The van der Waals surface area contributed by atoms with Gasteiger partial charge in [0.15, 0.2) is 5.67 Å². The molecular weight excluding hydrogens is 363 g/mol. The van der Waals surface area contributed by atoms with Gasteiger partial charge in [0.25, 0.3) is 12.2 Å². The lowest BCUT2D eigenvalue weighted by atomic mass is 9.81. The Labute approximate surface area is 154 Å². The van der Waals surface area contributed by atoms with Crippen LogP contribution in [0.2, 0.25) is 0 Å². The van der Waals surface area contributed by atoms with Crippen molar-refractivity contribution in [1.29, 1.82) is 0 Å². The lowest BCUT2D eigenvalue weighted by Crippen LogP contribution is -2.52. The van der Waals surface area contributed by atoms with Crippen LogP contribution in [0.5, 0.6) is 0 Å². The van der Waals surface area contributed by atoms with Gasteiger partial charge in [-0.15, -0.1) is 0 Å². The molecule has 1 saturated heterocycles. The normalized spacial score (nSPS) is 23.9. The van der Waals surface area contributed by atoms with Gasteiger partial charge in [-0.2, -0.15) is 14.6 Å². The van der Waals surface area contributed by atoms with Crippen molar-refractivity contribution in [2.24, 2.45) is 5.92 Å². The van der Waals surface area contributed by atoms with Crippen LogP contribution >= 0.6 is 0 Å². The number of piperidine rings is 1. The minimum atomic E-state index is -2.88.